The molecule has 0 radical (unpaired) electrons. The fourth-order valence-electron chi connectivity index (χ4n) is 8.80. The second-order valence-corrected chi connectivity index (χ2v) is 14.1. The van der Waals surface area contributed by atoms with E-state index < -0.39 is 0 Å². The highest BCUT2D eigenvalue weighted by molar-refractivity contribution is 6.20. The van der Waals surface area contributed by atoms with Gasteiger partial charge in [0.15, 0.2) is 0 Å². The summed E-state index contributed by atoms with van der Waals surface area (Å²) in [5, 5.41) is 13.0. The molecule has 0 unspecified atom stereocenters. The van der Waals surface area contributed by atoms with Crippen LogP contribution in [0.1, 0.15) is 11.3 Å². The molecule has 0 atom stereocenters. The standard InChI is InChI=1S/C54H37N/c1-3-39-42-21-7-8-22-43(42)44-23-9-10-24-45(44)46-25-15-16-31-52(46)55(51(39)4-2)54-49-28-13-11-26-47(49)53(48-27-12-14-29-50(48)54)38-34-32-37(33-35-38)41-30-17-19-36-18-5-6-20-40(36)41/h3-35H,1-2H2. The zero-order valence-electron chi connectivity index (χ0n) is 30.4. The van der Waals surface area contributed by atoms with Crippen molar-refractivity contribution in [2.45, 2.75) is 0 Å². The highest BCUT2D eigenvalue weighted by Crippen LogP contribution is 2.44. The molecule has 9 aromatic carbocycles. The first-order chi connectivity index (χ1) is 27.2. The summed E-state index contributed by atoms with van der Waals surface area (Å²) in [7, 11) is 0. The molecule has 0 amide bonds. The molecule has 258 valence electrons. The third kappa shape index (κ3) is 5.16. The van der Waals surface area contributed by atoms with Crippen LogP contribution in [0.2, 0.25) is 0 Å². The van der Waals surface area contributed by atoms with E-state index in [0.29, 0.717) is 0 Å². The normalized spacial score (nSPS) is 11.4. The second kappa shape index (κ2) is 13.3. The molecule has 0 aliphatic carbocycles. The summed E-state index contributed by atoms with van der Waals surface area (Å²) < 4.78 is 2.44. The van der Waals surface area contributed by atoms with E-state index in [0.717, 1.165) is 44.0 Å². The van der Waals surface area contributed by atoms with E-state index in [9.17, 15) is 0 Å². The predicted octanol–water partition coefficient (Wildman–Crippen LogP) is 15.1. The fourth-order valence-corrected chi connectivity index (χ4v) is 8.80. The number of fused-ring (bicyclic) bond motifs is 8. The van der Waals surface area contributed by atoms with Gasteiger partial charge in [-0.2, -0.15) is 0 Å². The van der Waals surface area contributed by atoms with Crippen molar-refractivity contribution in [3.63, 3.8) is 0 Å². The van der Waals surface area contributed by atoms with E-state index >= 15 is 0 Å². The van der Waals surface area contributed by atoms with Gasteiger partial charge in [-0.15, -0.1) is 0 Å². The van der Waals surface area contributed by atoms with Crippen LogP contribution in [-0.2, 0) is 0 Å². The highest BCUT2D eigenvalue weighted by atomic mass is 15.0. The quantitative estimate of drug-likeness (QED) is 0.158. The average Bonchev–Trinajstić information content (AvgIpc) is 3.29. The second-order valence-electron chi connectivity index (χ2n) is 14.1. The summed E-state index contributed by atoms with van der Waals surface area (Å²) in [4.78, 5) is 0. The molecule has 1 aromatic heterocycles. The first kappa shape index (κ1) is 32.4. The fraction of sp³-hybridized carbons (Fsp3) is 0. The van der Waals surface area contributed by atoms with Gasteiger partial charge in [-0.1, -0.05) is 201 Å². The Balaban J connectivity index is 1.35. The Hall–Kier alpha value is -7.22. The monoisotopic (exact) mass is 699 g/mol. The Morgan fingerprint density at radius 3 is 1.42 bits per heavy atom. The van der Waals surface area contributed by atoms with E-state index in [1.807, 2.05) is 12.2 Å². The summed E-state index contributed by atoms with van der Waals surface area (Å²) >= 11 is 0. The molecular weight excluding hydrogens is 663 g/mol. The van der Waals surface area contributed by atoms with Crippen molar-refractivity contribution in [2.75, 3.05) is 0 Å². The summed E-state index contributed by atoms with van der Waals surface area (Å²) in [6, 6.07) is 68.3. The number of para-hydroxylation sites is 1. The van der Waals surface area contributed by atoms with Crippen LogP contribution in [0.3, 0.4) is 0 Å². The number of hydrogen-bond acceptors (Lipinski definition) is 0. The SMILES string of the molecule is C=Cc1c(C=C)n(-c2c3ccccc3c(-c3ccc(-c4cccc5ccccc45)cc3)c3ccccc23)c2ccccc2c2ccccc2c2ccccc12. The number of aromatic nitrogens is 1. The Bertz CT molecular complexity index is 3170. The zero-order valence-corrected chi connectivity index (χ0v) is 30.4. The minimum atomic E-state index is 0.977. The largest absolute Gasteiger partial charge is 0.308 e. The minimum Gasteiger partial charge on any atom is -0.308 e. The van der Waals surface area contributed by atoms with Crippen LogP contribution >= 0.6 is 0 Å². The Morgan fingerprint density at radius 2 is 0.800 bits per heavy atom. The first-order valence-electron chi connectivity index (χ1n) is 18.8. The van der Waals surface area contributed by atoms with Crippen LogP contribution in [0.25, 0.3) is 105 Å². The van der Waals surface area contributed by atoms with Crippen molar-refractivity contribution in [3.8, 4) is 27.9 Å². The molecule has 0 spiro atoms. The van der Waals surface area contributed by atoms with Gasteiger partial charge in [0.2, 0.25) is 0 Å². The number of benzene rings is 9. The Kier molecular flexibility index (Phi) is 7.86. The molecule has 0 aliphatic heterocycles. The molecule has 0 saturated carbocycles. The lowest BCUT2D eigenvalue weighted by Crippen LogP contribution is -2.05. The lowest BCUT2D eigenvalue weighted by molar-refractivity contribution is 1.11. The molecular formula is C54H37N. The van der Waals surface area contributed by atoms with E-state index in [-0.39, 0.29) is 0 Å². The highest BCUT2D eigenvalue weighted by Gasteiger charge is 2.20. The molecule has 0 saturated heterocycles. The molecule has 0 aliphatic rings. The van der Waals surface area contributed by atoms with Crippen LogP contribution in [-0.4, -0.2) is 4.57 Å². The van der Waals surface area contributed by atoms with Gasteiger partial charge >= 0.3 is 0 Å². The van der Waals surface area contributed by atoms with Crippen molar-refractivity contribution >= 4 is 76.9 Å². The topological polar surface area (TPSA) is 4.93 Å². The van der Waals surface area contributed by atoms with Gasteiger partial charge in [0, 0.05) is 21.7 Å². The molecule has 0 bridgehead atoms. The molecule has 10 aromatic rings. The van der Waals surface area contributed by atoms with Crippen molar-refractivity contribution < 1.29 is 0 Å². The van der Waals surface area contributed by atoms with Gasteiger partial charge < -0.3 is 4.57 Å². The third-order valence-electron chi connectivity index (χ3n) is 11.2. The number of rotatable bonds is 5. The van der Waals surface area contributed by atoms with Gasteiger partial charge in [0.25, 0.3) is 0 Å². The molecule has 10 rings (SSSR count). The Labute approximate surface area is 320 Å². The molecule has 55 heavy (non-hydrogen) atoms. The summed E-state index contributed by atoms with van der Waals surface area (Å²) in [5.74, 6) is 0. The minimum absolute atomic E-state index is 0.977. The van der Waals surface area contributed by atoms with Gasteiger partial charge in [0.05, 0.1) is 16.9 Å². The summed E-state index contributed by atoms with van der Waals surface area (Å²) in [5.41, 5.74) is 9.05. The predicted molar refractivity (Wildman–Crippen MR) is 239 cm³/mol. The van der Waals surface area contributed by atoms with E-state index in [4.69, 9.17) is 0 Å². The molecule has 0 N–H and O–H groups in total. The van der Waals surface area contributed by atoms with Crippen LogP contribution in [0.5, 0.6) is 0 Å². The maximum Gasteiger partial charge on any atom is 0.0619 e. The zero-order chi connectivity index (χ0) is 36.9. The number of nitrogens with zero attached hydrogens (tertiary/aromatic N) is 1. The summed E-state index contributed by atoms with van der Waals surface area (Å²) in [6.07, 6.45) is 4.00. The van der Waals surface area contributed by atoms with Gasteiger partial charge in [-0.25, -0.2) is 0 Å². The lowest BCUT2D eigenvalue weighted by Gasteiger charge is -2.22. The first-order valence-corrected chi connectivity index (χ1v) is 18.8. The van der Waals surface area contributed by atoms with E-state index in [1.165, 1.54) is 60.0 Å². The molecule has 1 heterocycles. The van der Waals surface area contributed by atoms with Crippen molar-refractivity contribution in [2.24, 2.45) is 0 Å². The Morgan fingerprint density at radius 1 is 0.345 bits per heavy atom. The lowest BCUT2D eigenvalue weighted by atomic mass is 9.89. The average molecular weight is 700 g/mol. The summed E-state index contributed by atoms with van der Waals surface area (Å²) in [6.45, 7) is 8.90. The molecule has 1 nitrogen and oxygen atoms in total. The smallest absolute Gasteiger partial charge is 0.0619 e. The number of hydrogen-bond donors (Lipinski definition) is 0. The molecule has 0 fully saturated rings. The van der Waals surface area contributed by atoms with Crippen LogP contribution in [0.4, 0.5) is 0 Å². The van der Waals surface area contributed by atoms with Crippen molar-refractivity contribution in [1.29, 1.82) is 0 Å². The van der Waals surface area contributed by atoms with E-state index in [1.54, 1.807) is 0 Å². The van der Waals surface area contributed by atoms with Crippen LogP contribution in [0, 0.1) is 0 Å². The van der Waals surface area contributed by atoms with Crippen LogP contribution in [0.15, 0.2) is 201 Å². The van der Waals surface area contributed by atoms with Crippen molar-refractivity contribution in [1.82, 2.24) is 4.57 Å². The maximum atomic E-state index is 4.49. The van der Waals surface area contributed by atoms with Crippen LogP contribution < -0.4 is 0 Å². The van der Waals surface area contributed by atoms with Gasteiger partial charge in [-0.3, -0.25) is 0 Å². The van der Waals surface area contributed by atoms with Gasteiger partial charge in [0.1, 0.15) is 0 Å². The maximum absolute atomic E-state index is 4.49. The van der Waals surface area contributed by atoms with E-state index in [2.05, 4.69) is 206 Å². The van der Waals surface area contributed by atoms with Crippen molar-refractivity contribution in [3.05, 3.63) is 212 Å². The van der Waals surface area contributed by atoms with Gasteiger partial charge in [-0.05, 0) is 77.5 Å². The third-order valence-corrected chi connectivity index (χ3v) is 11.2. The molecule has 1 heteroatoms.